The van der Waals surface area contributed by atoms with Gasteiger partial charge in [-0.15, -0.1) is 0 Å². The first-order valence-corrected chi connectivity index (χ1v) is 9.76. The van der Waals surface area contributed by atoms with Crippen molar-refractivity contribution in [1.29, 1.82) is 0 Å². The van der Waals surface area contributed by atoms with Crippen LogP contribution in [0.5, 0.6) is 5.75 Å². The van der Waals surface area contributed by atoms with Gasteiger partial charge < -0.3 is 25.2 Å². The van der Waals surface area contributed by atoms with Crippen molar-refractivity contribution in [2.45, 2.75) is 19.0 Å². The van der Waals surface area contributed by atoms with Crippen LogP contribution in [0.15, 0.2) is 54.6 Å². The molecular formula is C22H28N4O3. The van der Waals surface area contributed by atoms with Gasteiger partial charge in [0.25, 0.3) is 0 Å². The molecule has 3 amide bonds. The fraction of sp³-hybridized carbons (Fsp3) is 0.364. The fourth-order valence-corrected chi connectivity index (χ4v) is 3.39. The van der Waals surface area contributed by atoms with Crippen LogP contribution in [0.1, 0.15) is 12.0 Å². The molecule has 1 atom stereocenters. The maximum Gasteiger partial charge on any atom is 0.315 e. The van der Waals surface area contributed by atoms with Gasteiger partial charge in [-0.3, -0.25) is 4.79 Å². The van der Waals surface area contributed by atoms with Crippen molar-refractivity contribution < 1.29 is 14.3 Å². The molecular weight excluding hydrogens is 368 g/mol. The van der Waals surface area contributed by atoms with Gasteiger partial charge in [-0.05, 0) is 36.9 Å². The number of hydrogen-bond donors (Lipinski definition) is 2. The zero-order chi connectivity index (χ0) is 20.6. The van der Waals surface area contributed by atoms with Gasteiger partial charge in [-0.25, -0.2) is 4.79 Å². The van der Waals surface area contributed by atoms with Crippen LogP contribution in [-0.2, 0) is 11.3 Å². The molecule has 2 aromatic rings. The first kappa shape index (κ1) is 20.7. The number of rotatable bonds is 8. The van der Waals surface area contributed by atoms with Gasteiger partial charge >= 0.3 is 6.03 Å². The van der Waals surface area contributed by atoms with Crippen LogP contribution in [0.2, 0.25) is 0 Å². The van der Waals surface area contributed by atoms with Gasteiger partial charge in [0.2, 0.25) is 5.91 Å². The predicted molar refractivity (Wildman–Crippen MR) is 113 cm³/mol. The van der Waals surface area contributed by atoms with Crippen LogP contribution in [0.4, 0.5) is 10.5 Å². The Morgan fingerprint density at radius 3 is 2.59 bits per heavy atom. The Bertz CT molecular complexity index is 811. The molecule has 0 spiro atoms. The number of nitrogens with one attached hydrogen (secondary N) is 2. The molecule has 0 aromatic heterocycles. The van der Waals surface area contributed by atoms with E-state index in [4.69, 9.17) is 4.74 Å². The second-order valence-corrected chi connectivity index (χ2v) is 7.23. The third kappa shape index (κ3) is 5.96. The fourth-order valence-electron chi connectivity index (χ4n) is 3.39. The van der Waals surface area contributed by atoms with Crippen LogP contribution in [0, 0.1) is 0 Å². The standard InChI is InChI=1S/C22H28N4O3/c1-25(15-17-6-4-3-5-7-17)13-12-23-22(28)24-18-14-21(27)26(16-18)19-8-10-20(29-2)11-9-19/h3-11,18H,12-16H2,1-2H3,(H2,23,24,28). The highest BCUT2D eigenvalue weighted by atomic mass is 16.5. The van der Waals surface area contributed by atoms with Crippen molar-refractivity contribution in [2.75, 3.05) is 38.7 Å². The Labute approximate surface area is 171 Å². The molecule has 29 heavy (non-hydrogen) atoms. The minimum atomic E-state index is -0.243. The number of carbonyl (C=O) groups excluding carboxylic acids is 2. The minimum Gasteiger partial charge on any atom is -0.497 e. The van der Waals surface area contributed by atoms with Crippen LogP contribution in [0.3, 0.4) is 0 Å². The summed E-state index contributed by atoms with van der Waals surface area (Å²) in [7, 11) is 3.63. The molecule has 1 saturated heterocycles. The number of carbonyl (C=O) groups is 2. The van der Waals surface area contributed by atoms with Gasteiger partial charge in [-0.1, -0.05) is 30.3 Å². The zero-order valence-electron chi connectivity index (χ0n) is 16.9. The third-order valence-electron chi connectivity index (χ3n) is 4.92. The lowest BCUT2D eigenvalue weighted by molar-refractivity contribution is -0.117. The van der Waals surface area contributed by atoms with Crippen LogP contribution < -0.4 is 20.3 Å². The molecule has 0 aliphatic carbocycles. The summed E-state index contributed by atoms with van der Waals surface area (Å²) in [6.45, 7) is 2.58. The number of ether oxygens (including phenoxy) is 1. The highest BCUT2D eigenvalue weighted by Gasteiger charge is 2.31. The molecule has 1 fully saturated rings. The minimum absolute atomic E-state index is 0.00283. The molecule has 2 aromatic carbocycles. The Hall–Kier alpha value is -3.06. The number of benzene rings is 2. The van der Waals surface area contributed by atoms with Gasteiger partial charge in [-0.2, -0.15) is 0 Å². The van der Waals surface area contributed by atoms with Crippen molar-refractivity contribution in [3.8, 4) is 5.75 Å². The maximum absolute atomic E-state index is 12.3. The van der Waals surface area contributed by atoms with E-state index >= 15 is 0 Å². The molecule has 0 saturated carbocycles. The quantitative estimate of drug-likeness (QED) is 0.718. The lowest BCUT2D eigenvalue weighted by atomic mass is 10.2. The lowest BCUT2D eigenvalue weighted by Gasteiger charge is -2.19. The summed E-state index contributed by atoms with van der Waals surface area (Å²) in [5.74, 6) is 0.745. The van der Waals surface area contributed by atoms with Crippen LogP contribution in [-0.4, -0.2) is 56.7 Å². The third-order valence-corrected chi connectivity index (χ3v) is 4.92. The number of anilines is 1. The second-order valence-electron chi connectivity index (χ2n) is 7.23. The average molecular weight is 396 g/mol. The van der Waals surface area contributed by atoms with E-state index in [1.54, 1.807) is 12.0 Å². The van der Waals surface area contributed by atoms with Gasteiger partial charge in [0.05, 0.1) is 13.2 Å². The molecule has 1 heterocycles. The highest BCUT2D eigenvalue weighted by Crippen LogP contribution is 2.24. The van der Waals surface area contributed by atoms with Crippen molar-refractivity contribution >= 4 is 17.6 Å². The Morgan fingerprint density at radius 2 is 1.90 bits per heavy atom. The highest BCUT2D eigenvalue weighted by molar-refractivity contribution is 5.96. The van der Waals surface area contributed by atoms with E-state index in [1.165, 1.54) is 5.56 Å². The first-order valence-electron chi connectivity index (χ1n) is 9.76. The molecule has 1 aliphatic rings. The van der Waals surface area contributed by atoms with E-state index < -0.39 is 0 Å². The van der Waals surface area contributed by atoms with Crippen LogP contribution in [0.25, 0.3) is 0 Å². The van der Waals surface area contributed by atoms with Gasteiger partial charge in [0.15, 0.2) is 0 Å². The van der Waals surface area contributed by atoms with Crippen molar-refractivity contribution in [3.05, 3.63) is 60.2 Å². The molecule has 3 rings (SSSR count). The maximum atomic E-state index is 12.3. The van der Waals surface area contributed by atoms with Crippen molar-refractivity contribution in [2.24, 2.45) is 0 Å². The van der Waals surface area contributed by atoms with E-state index in [1.807, 2.05) is 49.5 Å². The molecule has 1 unspecified atom stereocenters. The second kappa shape index (κ2) is 9.93. The van der Waals surface area contributed by atoms with E-state index in [-0.39, 0.29) is 18.0 Å². The Morgan fingerprint density at radius 1 is 1.17 bits per heavy atom. The average Bonchev–Trinajstić information content (AvgIpc) is 3.08. The van der Waals surface area contributed by atoms with E-state index in [9.17, 15) is 9.59 Å². The molecule has 0 radical (unpaired) electrons. The summed E-state index contributed by atoms with van der Waals surface area (Å²) in [6.07, 6.45) is 0.299. The Kier molecular flexibility index (Phi) is 7.08. The van der Waals surface area contributed by atoms with Crippen molar-refractivity contribution in [3.63, 3.8) is 0 Å². The zero-order valence-corrected chi connectivity index (χ0v) is 16.9. The van der Waals surface area contributed by atoms with E-state index in [0.717, 1.165) is 24.5 Å². The summed E-state index contributed by atoms with van der Waals surface area (Å²) in [6, 6.07) is 17.1. The van der Waals surface area contributed by atoms with Gasteiger partial charge in [0, 0.05) is 38.3 Å². The number of amides is 3. The molecule has 7 nitrogen and oxygen atoms in total. The predicted octanol–water partition coefficient (Wildman–Crippen LogP) is 2.23. The lowest BCUT2D eigenvalue weighted by Crippen LogP contribution is -2.45. The molecule has 0 bridgehead atoms. The smallest absolute Gasteiger partial charge is 0.315 e. The van der Waals surface area contributed by atoms with Gasteiger partial charge in [0.1, 0.15) is 5.75 Å². The largest absolute Gasteiger partial charge is 0.497 e. The number of urea groups is 1. The molecule has 154 valence electrons. The summed E-state index contributed by atoms with van der Waals surface area (Å²) >= 11 is 0. The number of nitrogens with zero attached hydrogens (tertiary/aromatic N) is 2. The Balaban J connectivity index is 1.39. The topological polar surface area (TPSA) is 73.9 Å². The molecule has 7 heteroatoms. The monoisotopic (exact) mass is 396 g/mol. The number of methoxy groups -OCH3 is 1. The summed E-state index contributed by atoms with van der Waals surface area (Å²) in [5.41, 5.74) is 2.05. The van der Waals surface area contributed by atoms with E-state index in [2.05, 4.69) is 27.7 Å². The van der Waals surface area contributed by atoms with Crippen LogP contribution >= 0.6 is 0 Å². The first-order chi connectivity index (χ1) is 14.0. The normalized spacial score (nSPS) is 16.2. The molecule has 1 aliphatic heterocycles. The number of hydrogen-bond acceptors (Lipinski definition) is 4. The summed E-state index contributed by atoms with van der Waals surface area (Å²) in [4.78, 5) is 28.3. The summed E-state index contributed by atoms with van der Waals surface area (Å²) in [5, 5.41) is 5.77. The van der Waals surface area contributed by atoms with E-state index in [0.29, 0.717) is 19.5 Å². The van der Waals surface area contributed by atoms with Crippen molar-refractivity contribution in [1.82, 2.24) is 15.5 Å². The SMILES string of the molecule is COc1ccc(N2CC(NC(=O)NCCN(C)Cc3ccccc3)CC2=O)cc1. The molecule has 2 N–H and O–H groups in total. The summed E-state index contributed by atoms with van der Waals surface area (Å²) < 4.78 is 5.15. The number of likely N-dealkylation sites (N-methyl/N-ethyl adjacent to an activating group) is 1.